The van der Waals surface area contributed by atoms with Gasteiger partial charge < -0.3 is 20.6 Å². The van der Waals surface area contributed by atoms with E-state index >= 15 is 0 Å². The molecule has 0 saturated carbocycles. The molecule has 0 aromatic carbocycles. The number of fused-ring (bicyclic) bond motifs is 3. The zero-order valence-electron chi connectivity index (χ0n) is 18.7. The van der Waals surface area contributed by atoms with Crippen LogP contribution in [0.1, 0.15) is 29.0 Å². The molecule has 2 aliphatic rings. The third-order valence-corrected chi connectivity index (χ3v) is 5.69. The van der Waals surface area contributed by atoms with E-state index in [0.717, 1.165) is 26.1 Å². The third kappa shape index (κ3) is 5.37. The molecule has 0 radical (unpaired) electrons. The van der Waals surface area contributed by atoms with Gasteiger partial charge in [-0.05, 0) is 24.5 Å². The average Bonchev–Trinajstić information content (AvgIpc) is 3.49. The molecule has 5 heterocycles. The molecule has 2 bridgehead atoms. The van der Waals surface area contributed by atoms with Crippen LogP contribution in [0, 0.1) is 5.92 Å². The summed E-state index contributed by atoms with van der Waals surface area (Å²) in [6.07, 6.45) is -3.69. The minimum absolute atomic E-state index is 0.0181. The van der Waals surface area contributed by atoms with Crippen LogP contribution in [0.5, 0.6) is 0 Å². The van der Waals surface area contributed by atoms with E-state index in [4.69, 9.17) is 9.90 Å². The number of aliphatic carboxylic acids is 1. The molecule has 2 atom stereocenters. The van der Waals surface area contributed by atoms with E-state index in [1.54, 1.807) is 18.3 Å². The first kappa shape index (κ1) is 25.3. The van der Waals surface area contributed by atoms with Crippen molar-refractivity contribution in [1.82, 2.24) is 29.7 Å². The zero-order valence-corrected chi connectivity index (χ0v) is 18.7. The topological polar surface area (TPSA) is 130 Å². The van der Waals surface area contributed by atoms with Gasteiger partial charge in [-0.15, -0.1) is 5.10 Å². The largest absolute Gasteiger partial charge is 0.490 e. The minimum atomic E-state index is -5.08. The lowest BCUT2D eigenvalue weighted by Crippen LogP contribution is -2.42. The number of aromatic nitrogens is 5. The van der Waals surface area contributed by atoms with Crippen LogP contribution in [-0.2, 0) is 11.8 Å². The van der Waals surface area contributed by atoms with Crippen molar-refractivity contribution in [3.05, 3.63) is 35.9 Å². The molecule has 2 aliphatic heterocycles. The van der Waals surface area contributed by atoms with Crippen molar-refractivity contribution in [3.63, 3.8) is 0 Å². The fraction of sp³-hybridized carbons (Fsp3) is 0.450. The summed E-state index contributed by atoms with van der Waals surface area (Å²) in [6.45, 7) is 2.68. The van der Waals surface area contributed by atoms with Crippen molar-refractivity contribution in [3.8, 4) is 0 Å². The highest BCUT2D eigenvalue weighted by atomic mass is 19.4. The van der Waals surface area contributed by atoms with Crippen LogP contribution in [0.3, 0.4) is 0 Å². The van der Waals surface area contributed by atoms with Gasteiger partial charge in [0.05, 0.1) is 17.4 Å². The summed E-state index contributed by atoms with van der Waals surface area (Å²) in [6, 6.07) is 3.75. The first-order valence-corrected chi connectivity index (χ1v) is 10.7. The summed E-state index contributed by atoms with van der Waals surface area (Å²) >= 11 is 0. The maximum atomic E-state index is 13.2. The maximum Gasteiger partial charge on any atom is 0.490 e. The molecule has 0 aliphatic carbocycles. The number of hydrogen-bond donors (Lipinski definition) is 3. The predicted molar refractivity (Wildman–Crippen MR) is 115 cm³/mol. The Morgan fingerprint density at radius 3 is 2.58 bits per heavy atom. The molecule has 2 fully saturated rings. The molecule has 2 unspecified atom stereocenters. The number of rotatable bonds is 4. The Kier molecular flexibility index (Phi) is 6.79. The number of alkyl halides is 5. The van der Waals surface area contributed by atoms with E-state index in [1.165, 1.54) is 22.4 Å². The second-order valence-electron chi connectivity index (χ2n) is 8.38. The van der Waals surface area contributed by atoms with Gasteiger partial charge in [0.25, 0.3) is 12.3 Å². The summed E-state index contributed by atoms with van der Waals surface area (Å²) in [5.74, 6) is -2.17. The third-order valence-electron chi connectivity index (χ3n) is 5.69. The van der Waals surface area contributed by atoms with E-state index < -0.39 is 30.2 Å². The summed E-state index contributed by atoms with van der Waals surface area (Å²) in [5, 5.41) is 21.4. The van der Waals surface area contributed by atoms with Crippen LogP contribution < -0.4 is 15.5 Å². The van der Waals surface area contributed by atoms with Crippen molar-refractivity contribution < 1.29 is 36.6 Å². The number of amides is 1. The standard InChI is InChI=1S/C18H20F2N8O.C2HF3O2/c1-26-9-13(15(24-26)16(19)20)23-17(29)14-3-2-12-6-22-18(25-28(12)14)27-7-10-4-11(8-27)21-5-10;3-2(4,5)1(6)7/h2-3,6,9-11,16,21H,4-5,7-8H2,1H3,(H,23,29);(H,6,7). The lowest BCUT2D eigenvalue weighted by molar-refractivity contribution is -0.192. The van der Waals surface area contributed by atoms with Gasteiger partial charge in [-0.2, -0.15) is 18.3 Å². The summed E-state index contributed by atoms with van der Waals surface area (Å²) in [5.41, 5.74) is 0.409. The van der Waals surface area contributed by atoms with E-state index in [0.29, 0.717) is 23.4 Å². The van der Waals surface area contributed by atoms with E-state index in [9.17, 15) is 26.7 Å². The second-order valence-corrected chi connectivity index (χ2v) is 8.38. The lowest BCUT2D eigenvalue weighted by atomic mass is 10.0. The fourth-order valence-corrected chi connectivity index (χ4v) is 4.16. The monoisotopic (exact) mass is 516 g/mol. The molecular weight excluding hydrogens is 495 g/mol. The van der Waals surface area contributed by atoms with Crippen LogP contribution >= 0.6 is 0 Å². The molecule has 1 amide bonds. The predicted octanol–water partition coefficient (Wildman–Crippen LogP) is 2.08. The molecule has 11 nitrogen and oxygen atoms in total. The highest BCUT2D eigenvalue weighted by Gasteiger charge is 2.38. The maximum absolute atomic E-state index is 13.2. The van der Waals surface area contributed by atoms with Gasteiger partial charge in [-0.1, -0.05) is 0 Å². The molecule has 3 aromatic rings. The van der Waals surface area contributed by atoms with E-state index in [2.05, 4.69) is 30.7 Å². The normalized spacial score (nSPS) is 19.4. The Balaban J connectivity index is 0.000000384. The molecule has 2 saturated heterocycles. The number of carbonyl (C=O) groups excluding carboxylic acids is 1. The fourth-order valence-electron chi connectivity index (χ4n) is 4.16. The van der Waals surface area contributed by atoms with E-state index in [-0.39, 0.29) is 11.4 Å². The number of carbonyl (C=O) groups is 2. The van der Waals surface area contributed by atoms with Crippen molar-refractivity contribution in [2.24, 2.45) is 13.0 Å². The van der Waals surface area contributed by atoms with Crippen LogP contribution in [0.2, 0.25) is 0 Å². The van der Waals surface area contributed by atoms with Crippen molar-refractivity contribution in [1.29, 1.82) is 0 Å². The summed E-state index contributed by atoms with van der Waals surface area (Å²) in [4.78, 5) is 28.2. The van der Waals surface area contributed by atoms with Gasteiger partial charge in [0, 0.05) is 38.9 Å². The molecule has 3 aromatic heterocycles. The summed E-state index contributed by atoms with van der Waals surface area (Å²) < 4.78 is 60.8. The van der Waals surface area contributed by atoms with Crippen LogP contribution in [0.4, 0.5) is 33.6 Å². The number of hydrogen-bond acceptors (Lipinski definition) is 7. The molecule has 3 N–H and O–H groups in total. The number of carboxylic acid groups (broad SMARTS) is 1. The number of anilines is 2. The second kappa shape index (κ2) is 9.67. The lowest BCUT2D eigenvalue weighted by Gasteiger charge is -2.30. The Morgan fingerprint density at radius 1 is 1.22 bits per heavy atom. The van der Waals surface area contributed by atoms with E-state index in [1.807, 2.05) is 0 Å². The molecule has 5 rings (SSSR count). The van der Waals surface area contributed by atoms with Crippen LogP contribution in [-0.4, -0.2) is 73.2 Å². The number of nitrogens with zero attached hydrogens (tertiary/aromatic N) is 6. The number of aryl methyl sites for hydroxylation is 1. The smallest absolute Gasteiger partial charge is 0.475 e. The Bertz CT molecular complexity index is 1260. The SMILES string of the molecule is Cn1cc(NC(=O)c2ccc3cnc(N4CC5CNC(C5)C4)nn23)c(C(F)F)n1.O=C(O)C(F)(F)F. The van der Waals surface area contributed by atoms with Gasteiger partial charge in [0.1, 0.15) is 5.69 Å². The first-order valence-electron chi connectivity index (χ1n) is 10.7. The van der Waals surface area contributed by atoms with Gasteiger partial charge in [0.15, 0.2) is 5.69 Å². The summed E-state index contributed by atoms with van der Waals surface area (Å²) in [7, 11) is 1.52. The van der Waals surface area contributed by atoms with Gasteiger partial charge in [0.2, 0.25) is 5.95 Å². The van der Waals surface area contributed by atoms with Crippen LogP contribution in [0.25, 0.3) is 5.52 Å². The number of nitrogens with one attached hydrogen (secondary N) is 2. The first-order chi connectivity index (χ1) is 16.9. The number of piperidine rings is 1. The Morgan fingerprint density at radius 2 is 1.94 bits per heavy atom. The van der Waals surface area contributed by atoms with Crippen molar-refractivity contribution in [2.45, 2.75) is 25.1 Å². The highest BCUT2D eigenvalue weighted by Crippen LogP contribution is 2.27. The van der Waals surface area contributed by atoms with Gasteiger partial charge in [-0.3, -0.25) is 9.48 Å². The van der Waals surface area contributed by atoms with Crippen LogP contribution in [0.15, 0.2) is 24.5 Å². The van der Waals surface area contributed by atoms with Crippen molar-refractivity contribution in [2.75, 3.05) is 29.9 Å². The Hall–Kier alpha value is -3.82. The minimum Gasteiger partial charge on any atom is -0.475 e. The zero-order chi connectivity index (χ0) is 26.2. The Labute approximate surface area is 199 Å². The average molecular weight is 516 g/mol. The number of carboxylic acids is 1. The van der Waals surface area contributed by atoms with Gasteiger partial charge >= 0.3 is 12.1 Å². The molecule has 0 spiro atoms. The quantitative estimate of drug-likeness (QED) is 0.450. The molecule has 36 heavy (non-hydrogen) atoms. The molecule has 194 valence electrons. The number of halogens is 5. The van der Waals surface area contributed by atoms with Crippen molar-refractivity contribution >= 4 is 29.0 Å². The highest BCUT2D eigenvalue weighted by molar-refractivity contribution is 6.04. The molecular formula is C20H21F5N8O3. The molecule has 16 heteroatoms. The van der Waals surface area contributed by atoms with Gasteiger partial charge in [-0.25, -0.2) is 23.1 Å².